The van der Waals surface area contributed by atoms with Gasteiger partial charge in [0.2, 0.25) is 11.8 Å². The summed E-state index contributed by atoms with van der Waals surface area (Å²) in [7, 11) is 0. The van der Waals surface area contributed by atoms with Gasteiger partial charge in [-0.05, 0) is 68.8 Å². The molecule has 2 fully saturated rings. The number of alkyl halides is 2. The van der Waals surface area contributed by atoms with Gasteiger partial charge >= 0.3 is 0 Å². The number of nitrogens with zero attached hydrogens (tertiary/aromatic N) is 1. The topological polar surface area (TPSA) is 46.1 Å². The number of rotatable bonds is 7. The van der Waals surface area contributed by atoms with E-state index in [1.807, 2.05) is 12.1 Å². The van der Waals surface area contributed by atoms with Crippen LogP contribution in [0.4, 0.5) is 8.78 Å². The predicted octanol–water partition coefficient (Wildman–Crippen LogP) is 6.59. The van der Waals surface area contributed by atoms with Gasteiger partial charge < -0.3 is 15.2 Å². The van der Waals surface area contributed by atoms with Crippen LogP contribution in [0, 0.1) is 12.8 Å². The fourth-order valence-electron chi connectivity index (χ4n) is 6.00. The summed E-state index contributed by atoms with van der Waals surface area (Å²) in [4.78, 5) is 13.3. The van der Waals surface area contributed by atoms with Gasteiger partial charge in [-0.15, -0.1) is 12.4 Å². The van der Waals surface area contributed by atoms with Gasteiger partial charge in [0.05, 0.1) is 0 Å². The van der Waals surface area contributed by atoms with Gasteiger partial charge in [0.15, 0.2) is 0 Å². The first-order valence-electron chi connectivity index (χ1n) is 13.4. The van der Waals surface area contributed by atoms with Gasteiger partial charge in [-0.25, -0.2) is 8.78 Å². The van der Waals surface area contributed by atoms with E-state index in [1.54, 1.807) is 0 Å². The first kappa shape index (κ1) is 27.6. The van der Waals surface area contributed by atoms with E-state index in [0.29, 0.717) is 19.3 Å². The van der Waals surface area contributed by atoms with E-state index in [0.717, 1.165) is 54.5 Å². The predicted molar refractivity (Wildman–Crippen MR) is 148 cm³/mol. The molecular formula is C30H38ClF2N3O. The molecule has 2 aromatic carbocycles. The van der Waals surface area contributed by atoms with Crippen molar-refractivity contribution in [3.8, 4) is 0 Å². The van der Waals surface area contributed by atoms with E-state index in [4.69, 9.17) is 0 Å². The van der Waals surface area contributed by atoms with Crippen LogP contribution in [0.2, 0.25) is 0 Å². The Morgan fingerprint density at radius 2 is 1.81 bits per heavy atom. The van der Waals surface area contributed by atoms with E-state index in [1.165, 1.54) is 5.56 Å². The molecule has 5 rings (SSSR count). The summed E-state index contributed by atoms with van der Waals surface area (Å²) in [6.07, 6.45) is 5.54. The highest BCUT2D eigenvalue weighted by Gasteiger charge is 2.35. The number of hydrogen-bond acceptors (Lipinski definition) is 2. The molecule has 200 valence electrons. The average molecular weight is 530 g/mol. The van der Waals surface area contributed by atoms with Crippen LogP contribution in [0.5, 0.6) is 0 Å². The maximum atomic E-state index is 13.7. The molecule has 0 radical (unpaired) electrons. The maximum absolute atomic E-state index is 13.7. The van der Waals surface area contributed by atoms with E-state index in [-0.39, 0.29) is 49.0 Å². The number of amides is 1. The molecule has 37 heavy (non-hydrogen) atoms. The van der Waals surface area contributed by atoms with Crippen molar-refractivity contribution in [3.05, 3.63) is 71.4 Å². The summed E-state index contributed by atoms with van der Waals surface area (Å²) in [5.41, 5.74) is 4.55. The number of aromatic nitrogens is 1. The van der Waals surface area contributed by atoms with Gasteiger partial charge in [0, 0.05) is 54.9 Å². The molecule has 0 bridgehead atoms. The van der Waals surface area contributed by atoms with Gasteiger partial charge in [-0.1, -0.05) is 48.0 Å². The van der Waals surface area contributed by atoms with Crippen molar-refractivity contribution in [1.82, 2.24) is 15.2 Å². The fraction of sp³-hybridized carbons (Fsp3) is 0.500. The van der Waals surface area contributed by atoms with Gasteiger partial charge in [0.1, 0.15) is 0 Å². The molecule has 1 aliphatic carbocycles. The molecule has 1 aromatic heterocycles. The molecule has 4 nitrogen and oxygen atoms in total. The minimum atomic E-state index is -2.52. The van der Waals surface area contributed by atoms with Crippen LogP contribution in [0.15, 0.2) is 54.7 Å². The summed E-state index contributed by atoms with van der Waals surface area (Å²) in [5, 5.41) is 7.77. The summed E-state index contributed by atoms with van der Waals surface area (Å²) in [5.74, 6) is -2.26. The van der Waals surface area contributed by atoms with E-state index in [9.17, 15) is 13.6 Å². The zero-order valence-electron chi connectivity index (χ0n) is 21.5. The van der Waals surface area contributed by atoms with Crippen LogP contribution in [-0.4, -0.2) is 35.5 Å². The Labute approximate surface area is 224 Å². The van der Waals surface area contributed by atoms with Crippen LogP contribution >= 0.6 is 12.4 Å². The zero-order valence-corrected chi connectivity index (χ0v) is 22.3. The normalized spacial score (nSPS) is 19.3. The number of hydrogen-bond donors (Lipinski definition) is 2. The highest BCUT2D eigenvalue weighted by atomic mass is 35.5. The molecule has 1 atom stereocenters. The first-order valence-corrected chi connectivity index (χ1v) is 13.4. The number of carbonyl (C=O) groups is 1. The summed E-state index contributed by atoms with van der Waals surface area (Å²) >= 11 is 0. The number of piperidine rings is 1. The molecule has 1 aliphatic heterocycles. The second-order valence-corrected chi connectivity index (χ2v) is 10.8. The Kier molecular flexibility index (Phi) is 8.91. The maximum Gasteiger partial charge on any atom is 0.248 e. The molecule has 1 unspecified atom stereocenters. The van der Waals surface area contributed by atoms with Gasteiger partial charge in [0.25, 0.3) is 0 Å². The van der Waals surface area contributed by atoms with Crippen molar-refractivity contribution in [3.63, 3.8) is 0 Å². The van der Waals surface area contributed by atoms with Crippen LogP contribution in [0.25, 0.3) is 10.9 Å². The highest BCUT2D eigenvalue weighted by molar-refractivity contribution is 5.87. The second-order valence-electron chi connectivity index (χ2n) is 10.8. The van der Waals surface area contributed by atoms with Crippen molar-refractivity contribution in [1.29, 1.82) is 0 Å². The van der Waals surface area contributed by atoms with Gasteiger partial charge in [-0.3, -0.25) is 4.79 Å². The van der Waals surface area contributed by atoms with E-state index >= 15 is 0 Å². The number of fused-ring (bicyclic) bond motifs is 1. The Morgan fingerprint density at radius 3 is 2.54 bits per heavy atom. The lowest BCUT2D eigenvalue weighted by Gasteiger charge is -2.28. The number of aryl methyl sites for hydroxylation is 1. The standard InChI is InChI=1S/C30H37F2N3O.ClH/c1-21-5-4-6-23(17-21)26(18-29(36)34-24-11-15-33-16-12-24)27-20-35(28-8-3-2-7-25(27)28)19-22-9-13-30(31,32)14-10-22;/h2-8,17,20,22,24,26,33H,9-16,18-19H2,1H3,(H,34,36);1H. The lowest BCUT2D eigenvalue weighted by molar-refractivity contribution is -0.122. The number of benzene rings is 2. The van der Waals surface area contributed by atoms with Crippen molar-refractivity contribution in [2.45, 2.75) is 76.3 Å². The molecule has 2 N–H and O–H groups in total. The minimum Gasteiger partial charge on any atom is -0.353 e. The number of carbonyl (C=O) groups excluding carboxylic acids is 1. The second kappa shape index (κ2) is 12.0. The average Bonchev–Trinajstić information content (AvgIpc) is 3.22. The van der Waals surface area contributed by atoms with Crippen molar-refractivity contribution >= 4 is 29.2 Å². The Bertz CT molecular complexity index is 1190. The van der Waals surface area contributed by atoms with Gasteiger partial charge in [-0.2, -0.15) is 0 Å². The largest absolute Gasteiger partial charge is 0.353 e. The van der Waals surface area contributed by atoms with Crippen molar-refractivity contribution in [2.24, 2.45) is 5.92 Å². The fourth-order valence-corrected chi connectivity index (χ4v) is 6.00. The monoisotopic (exact) mass is 529 g/mol. The summed E-state index contributed by atoms with van der Waals surface area (Å²) in [6.45, 7) is 4.69. The SMILES string of the molecule is Cc1cccc(C(CC(=O)NC2CCNCC2)c2cn(CC3CCC(F)(F)CC3)c3ccccc23)c1.Cl. The zero-order chi connectivity index (χ0) is 25.1. The first-order chi connectivity index (χ1) is 17.4. The van der Waals surface area contributed by atoms with Crippen LogP contribution in [0.3, 0.4) is 0 Å². The molecule has 1 amide bonds. The summed E-state index contributed by atoms with van der Waals surface area (Å²) in [6, 6.07) is 17.0. The molecular weight excluding hydrogens is 492 g/mol. The van der Waals surface area contributed by atoms with Crippen LogP contribution < -0.4 is 10.6 Å². The third-order valence-electron chi connectivity index (χ3n) is 8.02. The molecule has 0 spiro atoms. The number of para-hydroxylation sites is 1. The third kappa shape index (κ3) is 6.71. The number of nitrogens with one attached hydrogen (secondary N) is 2. The Balaban J connectivity index is 0.00000320. The summed E-state index contributed by atoms with van der Waals surface area (Å²) < 4.78 is 29.7. The molecule has 2 aliphatic rings. The van der Waals surface area contributed by atoms with E-state index in [2.05, 4.69) is 64.7 Å². The van der Waals surface area contributed by atoms with Crippen molar-refractivity contribution in [2.75, 3.05) is 13.1 Å². The van der Waals surface area contributed by atoms with Crippen molar-refractivity contribution < 1.29 is 13.6 Å². The van der Waals surface area contributed by atoms with Crippen LogP contribution in [-0.2, 0) is 11.3 Å². The smallest absolute Gasteiger partial charge is 0.248 e. The highest BCUT2D eigenvalue weighted by Crippen LogP contribution is 2.39. The molecule has 7 heteroatoms. The lowest BCUT2D eigenvalue weighted by atomic mass is 9.86. The lowest BCUT2D eigenvalue weighted by Crippen LogP contribution is -2.43. The molecule has 2 heterocycles. The Morgan fingerprint density at radius 1 is 1.08 bits per heavy atom. The molecule has 3 aromatic rings. The third-order valence-corrected chi connectivity index (χ3v) is 8.02. The molecule has 1 saturated heterocycles. The van der Waals surface area contributed by atoms with Crippen LogP contribution in [0.1, 0.15) is 67.6 Å². The van der Waals surface area contributed by atoms with E-state index < -0.39 is 5.92 Å². The Hall–Kier alpha value is -2.44. The minimum absolute atomic E-state index is 0. The quantitative estimate of drug-likeness (QED) is 0.363. The number of halogens is 3. The molecule has 1 saturated carbocycles.